The number of amides is 1. The molecule has 1 amide bonds. The van der Waals surface area contributed by atoms with E-state index in [-0.39, 0.29) is 12.0 Å². The number of furan rings is 1. The number of nitrogens with zero attached hydrogens (tertiary/aromatic N) is 2. The van der Waals surface area contributed by atoms with Gasteiger partial charge in [0.2, 0.25) is 0 Å². The quantitative estimate of drug-likeness (QED) is 0.811. The van der Waals surface area contributed by atoms with Crippen molar-refractivity contribution in [1.82, 2.24) is 9.88 Å². The number of piperidine rings is 1. The zero-order valence-electron chi connectivity index (χ0n) is 13.9. The lowest BCUT2D eigenvalue weighted by atomic mass is 10.1. The summed E-state index contributed by atoms with van der Waals surface area (Å²) in [4.78, 5) is 18.9. The second-order valence-electron chi connectivity index (χ2n) is 5.95. The highest BCUT2D eigenvalue weighted by Gasteiger charge is 2.25. The van der Waals surface area contributed by atoms with E-state index in [1.54, 1.807) is 5.38 Å². The predicted molar refractivity (Wildman–Crippen MR) is 93.1 cm³/mol. The summed E-state index contributed by atoms with van der Waals surface area (Å²) >= 11 is 1.43. The maximum atomic E-state index is 12.6. The molecule has 0 radical (unpaired) electrons. The molecule has 1 fully saturated rings. The number of carbonyl (C=O) groups is 1. The van der Waals surface area contributed by atoms with E-state index in [1.165, 1.54) is 11.3 Å². The van der Waals surface area contributed by atoms with Crippen molar-refractivity contribution in [2.45, 2.75) is 32.3 Å². The monoisotopic (exact) mass is 349 g/mol. The first-order valence-corrected chi connectivity index (χ1v) is 9.18. The van der Waals surface area contributed by atoms with Gasteiger partial charge in [-0.05, 0) is 44.9 Å². The number of aryl methyl sites for hydroxylation is 1. The van der Waals surface area contributed by atoms with Gasteiger partial charge < -0.3 is 19.8 Å². The maximum absolute atomic E-state index is 12.6. The SMILES string of the molecule is Cc1ccc(-c2nc(C(=O)N3CCC(OCCCN)CC3)cs2)o1. The zero-order chi connectivity index (χ0) is 16.9. The van der Waals surface area contributed by atoms with Crippen LogP contribution in [-0.4, -0.2) is 48.1 Å². The van der Waals surface area contributed by atoms with Crippen molar-refractivity contribution >= 4 is 17.2 Å². The van der Waals surface area contributed by atoms with Crippen LogP contribution < -0.4 is 5.73 Å². The molecule has 1 aliphatic heterocycles. The normalized spacial score (nSPS) is 15.8. The Hall–Kier alpha value is -1.70. The largest absolute Gasteiger partial charge is 0.459 e. The van der Waals surface area contributed by atoms with E-state index in [4.69, 9.17) is 14.9 Å². The van der Waals surface area contributed by atoms with E-state index in [2.05, 4.69) is 4.98 Å². The molecule has 7 heteroatoms. The van der Waals surface area contributed by atoms with Crippen molar-refractivity contribution in [2.24, 2.45) is 5.73 Å². The summed E-state index contributed by atoms with van der Waals surface area (Å²) < 4.78 is 11.3. The molecule has 3 heterocycles. The molecule has 0 spiro atoms. The summed E-state index contributed by atoms with van der Waals surface area (Å²) in [5.74, 6) is 1.54. The van der Waals surface area contributed by atoms with Gasteiger partial charge in [0.25, 0.3) is 5.91 Å². The van der Waals surface area contributed by atoms with Crippen LogP contribution in [0.1, 0.15) is 35.5 Å². The first kappa shape index (κ1) is 17.1. The number of thiazole rings is 1. The van der Waals surface area contributed by atoms with E-state index in [0.717, 1.165) is 30.0 Å². The molecule has 3 rings (SSSR count). The summed E-state index contributed by atoms with van der Waals surface area (Å²) in [5.41, 5.74) is 5.96. The second-order valence-corrected chi connectivity index (χ2v) is 6.81. The lowest BCUT2D eigenvalue weighted by Gasteiger charge is -2.31. The first-order valence-electron chi connectivity index (χ1n) is 8.30. The van der Waals surface area contributed by atoms with E-state index >= 15 is 0 Å². The van der Waals surface area contributed by atoms with Crippen molar-refractivity contribution in [3.63, 3.8) is 0 Å². The topological polar surface area (TPSA) is 81.6 Å². The highest BCUT2D eigenvalue weighted by Crippen LogP contribution is 2.26. The number of aromatic nitrogens is 1. The fourth-order valence-corrected chi connectivity index (χ4v) is 3.51. The van der Waals surface area contributed by atoms with E-state index in [9.17, 15) is 4.79 Å². The molecule has 0 bridgehead atoms. The molecular weight excluding hydrogens is 326 g/mol. The van der Waals surface area contributed by atoms with E-state index in [1.807, 2.05) is 24.0 Å². The van der Waals surface area contributed by atoms with Gasteiger partial charge in [-0.1, -0.05) is 0 Å². The van der Waals surface area contributed by atoms with Crippen LogP contribution in [0.2, 0.25) is 0 Å². The van der Waals surface area contributed by atoms with Crippen LogP contribution in [-0.2, 0) is 4.74 Å². The second kappa shape index (κ2) is 7.92. The van der Waals surface area contributed by atoms with E-state index < -0.39 is 0 Å². The van der Waals surface area contributed by atoms with E-state index in [0.29, 0.717) is 37.7 Å². The van der Waals surface area contributed by atoms with Gasteiger partial charge in [0.05, 0.1) is 6.10 Å². The number of rotatable bonds is 6. The Morgan fingerprint density at radius 3 is 2.92 bits per heavy atom. The van der Waals surface area contributed by atoms with Crippen molar-refractivity contribution < 1.29 is 13.9 Å². The average Bonchev–Trinajstić information content (AvgIpc) is 3.24. The molecule has 1 aliphatic rings. The molecular formula is C17H23N3O3S. The Morgan fingerprint density at radius 2 is 2.25 bits per heavy atom. The fourth-order valence-electron chi connectivity index (χ4n) is 2.76. The number of nitrogens with two attached hydrogens (primary N) is 1. The van der Waals surface area contributed by atoms with Crippen LogP contribution in [0.25, 0.3) is 10.8 Å². The van der Waals surface area contributed by atoms with Crippen molar-refractivity contribution in [3.05, 3.63) is 29.0 Å². The molecule has 0 aliphatic carbocycles. The Labute approximate surface area is 145 Å². The third-order valence-corrected chi connectivity index (χ3v) is 4.96. The standard InChI is InChI=1S/C17H23N3O3S/c1-12-3-4-15(23-12)16-19-14(11-24-16)17(21)20-8-5-13(6-9-20)22-10-2-7-18/h3-4,11,13H,2,5-10,18H2,1H3. The van der Waals surface area contributed by atoms with Crippen LogP contribution in [0.4, 0.5) is 0 Å². The molecule has 2 aromatic rings. The fraction of sp³-hybridized carbons (Fsp3) is 0.529. The molecule has 24 heavy (non-hydrogen) atoms. The lowest BCUT2D eigenvalue weighted by molar-refractivity contribution is 0.00831. The predicted octanol–water partition coefficient (Wildman–Crippen LogP) is 2.68. The molecule has 0 aromatic carbocycles. The molecule has 0 atom stereocenters. The average molecular weight is 349 g/mol. The first-order chi connectivity index (χ1) is 11.7. The molecule has 1 saturated heterocycles. The molecule has 0 saturated carbocycles. The van der Waals surface area contributed by atoms with Gasteiger partial charge in [-0.25, -0.2) is 4.98 Å². The molecule has 130 valence electrons. The van der Waals surface area contributed by atoms with Gasteiger partial charge in [-0.15, -0.1) is 11.3 Å². The minimum atomic E-state index is -0.0128. The summed E-state index contributed by atoms with van der Waals surface area (Å²) in [6.45, 7) is 4.66. The summed E-state index contributed by atoms with van der Waals surface area (Å²) in [6.07, 6.45) is 2.85. The highest BCUT2D eigenvalue weighted by atomic mass is 32.1. The van der Waals surface area contributed by atoms with Gasteiger partial charge in [0, 0.05) is 25.1 Å². The van der Waals surface area contributed by atoms with Crippen LogP contribution in [0, 0.1) is 6.92 Å². The summed E-state index contributed by atoms with van der Waals surface area (Å²) in [7, 11) is 0. The molecule has 2 N–H and O–H groups in total. The van der Waals surface area contributed by atoms with Crippen LogP contribution in [0.15, 0.2) is 21.9 Å². The Morgan fingerprint density at radius 1 is 1.46 bits per heavy atom. The maximum Gasteiger partial charge on any atom is 0.273 e. The van der Waals surface area contributed by atoms with Gasteiger partial charge in [0.1, 0.15) is 11.5 Å². The number of hydrogen-bond acceptors (Lipinski definition) is 6. The summed E-state index contributed by atoms with van der Waals surface area (Å²) in [5, 5.41) is 2.55. The Kier molecular flexibility index (Phi) is 5.65. The molecule has 6 nitrogen and oxygen atoms in total. The minimum absolute atomic E-state index is 0.0128. The highest BCUT2D eigenvalue weighted by molar-refractivity contribution is 7.13. The number of carbonyl (C=O) groups excluding carboxylic acids is 1. The van der Waals surface area contributed by atoms with Crippen LogP contribution in [0.3, 0.4) is 0 Å². The number of hydrogen-bond donors (Lipinski definition) is 1. The van der Waals surface area contributed by atoms with Gasteiger partial charge in [-0.3, -0.25) is 4.79 Å². The third-order valence-electron chi connectivity index (χ3n) is 4.11. The third kappa shape index (κ3) is 4.03. The van der Waals surface area contributed by atoms with Gasteiger partial charge >= 0.3 is 0 Å². The van der Waals surface area contributed by atoms with Gasteiger partial charge in [0.15, 0.2) is 10.8 Å². The Balaban J connectivity index is 1.55. The Bertz CT molecular complexity index is 674. The van der Waals surface area contributed by atoms with Crippen molar-refractivity contribution in [2.75, 3.05) is 26.2 Å². The molecule has 0 unspecified atom stereocenters. The van der Waals surface area contributed by atoms with Crippen molar-refractivity contribution in [1.29, 1.82) is 0 Å². The van der Waals surface area contributed by atoms with Crippen LogP contribution >= 0.6 is 11.3 Å². The van der Waals surface area contributed by atoms with Crippen LogP contribution in [0.5, 0.6) is 0 Å². The lowest BCUT2D eigenvalue weighted by Crippen LogP contribution is -2.41. The number of likely N-dealkylation sites (tertiary alicyclic amines) is 1. The summed E-state index contributed by atoms with van der Waals surface area (Å²) in [6, 6.07) is 3.78. The number of ether oxygens (including phenoxy) is 1. The molecule has 2 aromatic heterocycles. The minimum Gasteiger partial charge on any atom is -0.459 e. The van der Waals surface area contributed by atoms with Crippen molar-refractivity contribution in [3.8, 4) is 10.8 Å². The smallest absolute Gasteiger partial charge is 0.273 e. The van der Waals surface area contributed by atoms with Gasteiger partial charge in [-0.2, -0.15) is 0 Å². The zero-order valence-corrected chi connectivity index (χ0v) is 14.7.